The molecular formula is C30H37ClN2O6. The second kappa shape index (κ2) is 9.40. The number of hydrogen-bond donors (Lipinski definition) is 4. The Morgan fingerprint density at radius 3 is 2.62 bits per heavy atom. The zero-order valence-corrected chi connectivity index (χ0v) is 23.0. The minimum atomic E-state index is -1.19. The van der Waals surface area contributed by atoms with Crippen molar-refractivity contribution in [3.8, 4) is 0 Å². The number of nitrogens with zero attached hydrogens (tertiary/aromatic N) is 1. The Kier molecular flexibility index (Phi) is 6.49. The van der Waals surface area contributed by atoms with Crippen molar-refractivity contribution in [2.45, 2.75) is 82.0 Å². The fraction of sp³-hybridized carbons (Fsp3) is 0.633. The van der Waals surface area contributed by atoms with E-state index in [0.717, 1.165) is 24.8 Å². The fourth-order valence-electron chi connectivity index (χ4n) is 9.27. The second-order valence-corrected chi connectivity index (χ2v) is 13.1. The van der Waals surface area contributed by atoms with Crippen LogP contribution in [0.4, 0.5) is 0 Å². The van der Waals surface area contributed by atoms with E-state index in [1.807, 2.05) is 0 Å². The first-order chi connectivity index (χ1) is 18.5. The van der Waals surface area contributed by atoms with Crippen LogP contribution in [0.1, 0.15) is 75.1 Å². The Morgan fingerprint density at radius 1 is 1.10 bits per heavy atom. The van der Waals surface area contributed by atoms with Gasteiger partial charge in [0.25, 0.3) is 5.91 Å². The molecule has 210 valence electrons. The van der Waals surface area contributed by atoms with Crippen LogP contribution in [0.25, 0.3) is 0 Å². The lowest BCUT2D eigenvalue weighted by molar-refractivity contribution is -0.237. The standard InChI is InChI=1S/C30H37ClN2O6/c1-27-10-7-22-23(30(27,38)13-9-21(27)18-14-25(35)39-16-18)8-12-29(37)15-19(34)6-11-28(22,29)17-32-33-26(36)20-4-2-3-5-24(20)31/h2-5,14,17,19,21-23,34,37-38H,6-13,15-16H2,1H3,(H,33,36)/b32-17-/t19-,21+,22+,23-,27-,28+,29+,30-/m1/s1. The van der Waals surface area contributed by atoms with Crippen LogP contribution in [0, 0.1) is 28.6 Å². The lowest BCUT2D eigenvalue weighted by atomic mass is 9.41. The van der Waals surface area contributed by atoms with Gasteiger partial charge in [0.2, 0.25) is 0 Å². The number of aliphatic hydroxyl groups is 3. The first-order valence-corrected chi connectivity index (χ1v) is 14.5. The highest BCUT2D eigenvalue weighted by Gasteiger charge is 2.71. The van der Waals surface area contributed by atoms with Gasteiger partial charge in [-0.1, -0.05) is 30.7 Å². The van der Waals surface area contributed by atoms with Crippen molar-refractivity contribution in [2.75, 3.05) is 6.61 Å². The molecule has 0 spiro atoms. The fourth-order valence-corrected chi connectivity index (χ4v) is 9.49. The molecule has 0 unspecified atom stereocenters. The number of esters is 1. The number of rotatable bonds is 4. The van der Waals surface area contributed by atoms with E-state index in [0.29, 0.717) is 49.3 Å². The van der Waals surface area contributed by atoms with E-state index in [1.54, 1.807) is 36.6 Å². The summed E-state index contributed by atoms with van der Waals surface area (Å²) in [5.41, 5.74) is 0.526. The summed E-state index contributed by atoms with van der Waals surface area (Å²) in [5, 5.41) is 39.8. The summed E-state index contributed by atoms with van der Waals surface area (Å²) in [4.78, 5) is 24.7. The molecule has 8 atom stereocenters. The number of amides is 1. The normalized spacial score (nSPS) is 43.3. The van der Waals surface area contributed by atoms with Crippen LogP contribution in [0.2, 0.25) is 5.02 Å². The largest absolute Gasteiger partial charge is 0.458 e. The minimum Gasteiger partial charge on any atom is -0.458 e. The van der Waals surface area contributed by atoms with Crippen molar-refractivity contribution >= 4 is 29.7 Å². The first-order valence-electron chi connectivity index (χ1n) is 14.1. The summed E-state index contributed by atoms with van der Waals surface area (Å²) >= 11 is 6.19. The van der Waals surface area contributed by atoms with E-state index in [2.05, 4.69) is 17.5 Å². The number of hydrazone groups is 1. The third-order valence-corrected chi connectivity index (χ3v) is 11.5. The maximum atomic E-state index is 12.8. The van der Waals surface area contributed by atoms with Gasteiger partial charge in [-0.3, -0.25) is 4.79 Å². The third kappa shape index (κ3) is 3.93. The highest BCUT2D eigenvalue weighted by molar-refractivity contribution is 6.33. The second-order valence-electron chi connectivity index (χ2n) is 12.7. The molecule has 0 saturated heterocycles. The molecule has 6 rings (SSSR count). The molecule has 0 aromatic heterocycles. The smallest absolute Gasteiger partial charge is 0.331 e. The van der Waals surface area contributed by atoms with Gasteiger partial charge in [-0.2, -0.15) is 5.10 Å². The number of benzene rings is 1. The number of carbonyl (C=O) groups excluding carboxylic acids is 2. The Labute approximate surface area is 233 Å². The van der Waals surface area contributed by atoms with Gasteiger partial charge >= 0.3 is 5.97 Å². The summed E-state index contributed by atoms with van der Waals surface area (Å²) in [6.07, 6.45) is 7.96. The molecule has 39 heavy (non-hydrogen) atoms. The predicted molar refractivity (Wildman–Crippen MR) is 145 cm³/mol. The third-order valence-electron chi connectivity index (χ3n) is 11.2. The summed E-state index contributed by atoms with van der Waals surface area (Å²) in [7, 11) is 0. The van der Waals surface area contributed by atoms with Crippen LogP contribution in [0.3, 0.4) is 0 Å². The molecule has 8 nitrogen and oxygen atoms in total. The molecule has 4 N–H and O–H groups in total. The summed E-state index contributed by atoms with van der Waals surface area (Å²) in [5.74, 6) is -0.827. The Morgan fingerprint density at radius 2 is 1.87 bits per heavy atom. The van der Waals surface area contributed by atoms with E-state index in [1.165, 1.54) is 0 Å². The minimum absolute atomic E-state index is 0.0722. The zero-order chi connectivity index (χ0) is 27.6. The average Bonchev–Trinajstić information content (AvgIpc) is 3.44. The Bertz CT molecular complexity index is 1250. The molecule has 1 amide bonds. The van der Waals surface area contributed by atoms with Crippen molar-refractivity contribution in [3.05, 3.63) is 46.5 Å². The maximum Gasteiger partial charge on any atom is 0.331 e. The van der Waals surface area contributed by atoms with Gasteiger partial charge in [-0.25, -0.2) is 10.2 Å². The van der Waals surface area contributed by atoms with E-state index < -0.39 is 34.0 Å². The maximum absolute atomic E-state index is 12.8. The van der Waals surface area contributed by atoms with Crippen LogP contribution >= 0.6 is 11.6 Å². The highest BCUT2D eigenvalue weighted by atomic mass is 35.5. The molecule has 4 saturated carbocycles. The summed E-state index contributed by atoms with van der Waals surface area (Å²) in [6, 6.07) is 6.75. The summed E-state index contributed by atoms with van der Waals surface area (Å²) in [6.45, 7) is 2.45. The van der Waals surface area contributed by atoms with Crippen LogP contribution in [-0.2, 0) is 9.53 Å². The monoisotopic (exact) mass is 556 g/mol. The molecule has 5 aliphatic rings. The SMILES string of the molecule is C[C@]12CC[C@H]3[C@@H](CC[C@]4(O)C[C@H](O)CC[C@]34/C=N\NC(=O)c3ccccc3Cl)[C@]1(O)CC[C@H]2C1=CC(=O)OC1. The van der Waals surface area contributed by atoms with Gasteiger partial charge in [0.1, 0.15) is 6.61 Å². The Balaban J connectivity index is 1.33. The van der Waals surface area contributed by atoms with Crippen molar-refractivity contribution in [1.29, 1.82) is 0 Å². The lowest BCUT2D eigenvalue weighted by Gasteiger charge is -2.65. The van der Waals surface area contributed by atoms with Gasteiger partial charge in [0.05, 0.1) is 27.9 Å². The average molecular weight is 557 g/mol. The topological polar surface area (TPSA) is 128 Å². The molecule has 1 aromatic rings. The molecule has 1 heterocycles. The zero-order valence-electron chi connectivity index (χ0n) is 22.2. The van der Waals surface area contributed by atoms with Crippen LogP contribution in [-0.4, -0.2) is 57.3 Å². The van der Waals surface area contributed by atoms with E-state index in [9.17, 15) is 24.9 Å². The van der Waals surface area contributed by atoms with E-state index >= 15 is 0 Å². The lowest BCUT2D eigenvalue weighted by Crippen LogP contribution is -2.68. The van der Waals surface area contributed by atoms with Gasteiger partial charge < -0.3 is 20.1 Å². The molecule has 1 aromatic carbocycles. The molecule has 0 bridgehead atoms. The van der Waals surface area contributed by atoms with Gasteiger partial charge in [-0.15, -0.1) is 0 Å². The summed E-state index contributed by atoms with van der Waals surface area (Å²) < 4.78 is 5.23. The van der Waals surface area contributed by atoms with Gasteiger partial charge in [-0.05, 0) is 86.8 Å². The van der Waals surface area contributed by atoms with Crippen molar-refractivity contribution in [3.63, 3.8) is 0 Å². The number of hydrogen-bond acceptors (Lipinski definition) is 7. The molecular weight excluding hydrogens is 520 g/mol. The number of fused-ring (bicyclic) bond motifs is 5. The molecule has 9 heteroatoms. The first kappa shape index (κ1) is 26.9. The van der Waals surface area contributed by atoms with Gasteiger partial charge in [0, 0.05) is 29.5 Å². The number of halogens is 1. The molecule has 1 aliphatic heterocycles. The number of cyclic esters (lactones) is 1. The van der Waals surface area contributed by atoms with E-state index in [4.69, 9.17) is 16.3 Å². The van der Waals surface area contributed by atoms with Crippen molar-refractivity contribution < 1.29 is 29.6 Å². The van der Waals surface area contributed by atoms with Crippen LogP contribution in [0.5, 0.6) is 0 Å². The van der Waals surface area contributed by atoms with Crippen LogP contribution < -0.4 is 5.43 Å². The predicted octanol–water partition coefficient (Wildman–Crippen LogP) is 3.77. The molecule has 4 fully saturated rings. The number of nitrogens with one attached hydrogen (secondary N) is 1. The number of aliphatic hydroxyl groups excluding tert-OH is 1. The van der Waals surface area contributed by atoms with E-state index in [-0.39, 0.29) is 30.1 Å². The Hall–Kier alpha value is -2.26. The quantitative estimate of drug-likeness (QED) is 0.254. The molecule has 0 radical (unpaired) electrons. The van der Waals surface area contributed by atoms with Crippen molar-refractivity contribution in [2.24, 2.45) is 33.7 Å². The number of carbonyl (C=O) groups is 2. The molecule has 4 aliphatic carbocycles. The van der Waals surface area contributed by atoms with Gasteiger partial charge in [0.15, 0.2) is 0 Å². The van der Waals surface area contributed by atoms with Crippen LogP contribution in [0.15, 0.2) is 41.0 Å². The van der Waals surface area contributed by atoms with Crippen molar-refractivity contribution in [1.82, 2.24) is 5.43 Å². The highest BCUT2D eigenvalue weighted by Crippen LogP contribution is 2.70. The number of ether oxygens (including phenoxy) is 1.